The fourth-order valence-corrected chi connectivity index (χ4v) is 4.18. The predicted octanol–water partition coefficient (Wildman–Crippen LogP) is 4.83. The Balaban J connectivity index is 1.75. The van der Waals surface area contributed by atoms with Crippen LogP contribution in [-0.2, 0) is 17.8 Å². The molecule has 3 aromatic rings. The van der Waals surface area contributed by atoms with Gasteiger partial charge in [-0.25, -0.2) is 0 Å². The zero-order chi connectivity index (χ0) is 22.5. The molecule has 0 unspecified atom stereocenters. The number of amides is 1. The molecule has 0 aliphatic carbocycles. The molecule has 0 atom stereocenters. The predicted molar refractivity (Wildman–Crippen MR) is 123 cm³/mol. The first-order valence-electron chi connectivity index (χ1n) is 10.0. The Morgan fingerprint density at radius 1 is 1.10 bits per heavy atom. The van der Waals surface area contributed by atoms with Crippen molar-refractivity contribution in [2.45, 2.75) is 40.7 Å². The fourth-order valence-electron chi connectivity index (χ4n) is 3.48. The molecule has 2 aromatic heterocycles. The lowest BCUT2D eigenvalue weighted by molar-refractivity contribution is -0.114. The molecule has 1 N–H and O–H groups in total. The number of hydrogen-bond donors (Lipinski definition) is 1. The summed E-state index contributed by atoms with van der Waals surface area (Å²) >= 11 is 1.73. The lowest BCUT2D eigenvalue weighted by Crippen LogP contribution is -2.15. The molecule has 0 saturated carbocycles. The van der Waals surface area contributed by atoms with Crippen LogP contribution in [0.5, 0.6) is 5.75 Å². The van der Waals surface area contributed by atoms with Crippen LogP contribution in [0, 0.1) is 13.8 Å². The maximum atomic E-state index is 12.9. The van der Waals surface area contributed by atoms with Crippen LogP contribution in [0.1, 0.15) is 50.8 Å². The minimum absolute atomic E-state index is 0.125. The summed E-state index contributed by atoms with van der Waals surface area (Å²) in [6.45, 7) is 7.38. The zero-order valence-corrected chi connectivity index (χ0v) is 19.0. The number of ether oxygens (including phenoxy) is 1. The van der Waals surface area contributed by atoms with Crippen LogP contribution in [-0.4, -0.2) is 28.6 Å². The molecule has 1 aromatic carbocycles. The van der Waals surface area contributed by atoms with Crippen molar-refractivity contribution in [3.8, 4) is 5.75 Å². The molecule has 162 valence electrons. The smallest absolute Gasteiger partial charge is 0.221 e. The van der Waals surface area contributed by atoms with Crippen LogP contribution in [0.3, 0.4) is 0 Å². The first-order chi connectivity index (χ1) is 14.8. The van der Waals surface area contributed by atoms with Gasteiger partial charge < -0.3 is 14.6 Å². The summed E-state index contributed by atoms with van der Waals surface area (Å²) in [7, 11) is 0. The topological polar surface area (TPSA) is 77.4 Å². The van der Waals surface area contributed by atoms with Crippen LogP contribution in [0.15, 0.2) is 41.8 Å². The average Bonchev–Trinajstić information content (AvgIpc) is 3.33. The van der Waals surface area contributed by atoms with Crippen molar-refractivity contribution in [2.24, 2.45) is 0 Å². The Morgan fingerprint density at radius 3 is 2.52 bits per heavy atom. The van der Waals surface area contributed by atoms with Crippen molar-refractivity contribution in [1.29, 1.82) is 0 Å². The molecule has 7 heteroatoms. The normalized spacial score (nSPS) is 10.7. The number of ketones is 2. The fraction of sp³-hybridized carbons (Fsp3) is 0.292. The van der Waals surface area contributed by atoms with Crippen molar-refractivity contribution in [1.82, 2.24) is 4.57 Å². The quantitative estimate of drug-likeness (QED) is 0.485. The Morgan fingerprint density at radius 2 is 1.87 bits per heavy atom. The van der Waals surface area contributed by atoms with Gasteiger partial charge in [0.2, 0.25) is 11.7 Å². The lowest BCUT2D eigenvalue weighted by atomic mass is 10.1. The maximum Gasteiger partial charge on any atom is 0.221 e. The highest BCUT2D eigenvalue weighted by molar-refractivity contribution is 7.09. The summed E-state index contributed by atoms with van der Waals surface area (Å²) in [5.74, 6) is -0.249. The number of aryl methyl sites for hydroxylation is 2. The summed E-state index contributed by atoms with van der Waals surface area (Å²) in [4.78, 5) is 37.4. The number of Topliss-reactive ketones (excluding diaryl/α,β-unsaturated/α-hetero) is 2. The first kappa shape index (κ1) is 22.5. The van der Waals surface area contributed by atoms with E-state index in [1.54, 1.807) is 29.5 Å². The number of anilines is 1. The van der Waals surface area contributed by atoms with Crippen LogP contribution >= 0.6 is 11.3 Å². The van der Waals surface area contributed by atoms with Gasteiger partial charge in [0.1, 0.15) is 5.75 Å². The Labute approximate surface area is 185 Å². The van der Waals surface area contributed by atoms with Crippen LogP contribution in [0.25, 0.3) is 0 Å². The molecule has 0 aliphatic heterocycles. The SMILES string of the molecule is CC(=O)Nc1ccc(C(C)=O)cc1OCC(=O)c1cc(C)n(CCc2cccs2)c1C. The van der Waals surface area contributed by atoms with E-state index in [4.69, 9.17) is 4.74 Å². The Bertz CT molecular complexity index is 1110. The minimum Gasteiger partial charge on any atom is -0.483 e. The van der Waals surface area contributed by atoms with Gasteiger partial charge in [0.25, 0.3) is 0 Å². The van der Waals surface area contributed by atoms with E-state index in [1.165, 1.54) is 18.7 Å². The number of nitrogens with zero attached hydrogens (tertiary/aromatic N) is 1. The number of carbonyl (C=O) groups is 3. The molecule has 0 spiro atoms. The maximum absolute atomic E-state index is 12.9. The molecule has 0 bridgehead atoms. The third-order valence-electron chi connectivity index (χ3n) is 5.09. The van der Waals surface area contributed by atoms with Crippen LogP contribution in [0.4, 0.5) is 5.69 Å². The lowest BCUT2D eigenvalue weighted by Gasteiger charge is -2.13. The number of benzene rings is 1. The third kappa shape index (κ3) is 5.49. The standard InChI is InChI=1S/C24H26N2O4S/c1-15-12-21(16(2)26(15)10-9-20-6-5-11-31-20)23(29)14-30-24-13-19(17(3)27)7-8-22(24)25-18(4)28/h5-8,11-13H,9-10,14H2,1-4H3,(H,25,28). The molecule has 0 fully saturated rings. The largest absolute Gasteiger partial charge is 0.483 e. The number of thiophene rings is 1. The van der Waals surface area contributed by atoms with E-state index < -0.39 is 0 Å². The van der Waals surface area contributed by atoms with E-state index in [9.17, 15) is 14.4 Å². The molecular formula is C24H26N2O4S. The second kappa shape index (κ2) is 9.75. The van der Waals surface area contributed by atoms with Crippen molar-refractivity contribution in [3.05, 3.63) is 69.2 Å². The van der Waals surface area contributed by atoms with Gasteiger partial charge in [0.15, 0.2) is 12.4 Å². The molecule has 0 saturated heterocycles. The average molecular weight is 439 g/mol. The number of nitrogens with one attached hydrogen (secondary N) is 1. The van der Waals surface area contributed by atoms with Gasteiger partial charge in [0, 0.05) is 40.9 Å². The van der Waals surface area contributed by atoms with Gasteiger partial charge in [-0.3, -0.25) is 14.4 Å². The molecule has 1 amide bonds. The van der Waals surface area contributed by atoms with Crippen molar-refractivity contribution >= 4 is 34.5 Å². The summed E-state index contributed by atoms with van der Waals surface area (Å²) in [6.07, 6.45) is 0.913. The van der Waals surface area contributed by atoms with Crippen LogP contribution in [0.2, 0.25) is 0 Å². The summed E-state index contributed by atoms with van der Waals surface area (Å²) in [5.41, 5.74) is 3.42. The van der Waals surface area contributed by atoms with E-state index in [0.717, 1.165) is 24.4 Å². The highest BCUT2D eigenvalue weighted by atomic mass is 32.1. The van der Waals surface area contributed by atoms with Gasteiger partial charge in [-0.05, 0) is 62.9 Å². The molecule has 6 nitrogen and oxygen atoms in total. The van der Waals surface area contributed by atoms with Crippen molar-refractivity contribution < 1.29 is 19.1 Å². The Kier molecular flexibility index (Phi) is 7.07. The molecule has 0 radical (unpaired) electrons. The number of hydrogen-bond acceptors (Lipinski definition) is 5. The zero-order valence-electron chi connectivity index (χ0n) is 18.2. The second-order valence-corrected chi connectivity index (χ2v) is 8.46. The van der Waals surface area contributed by atoms with E-state index in [0.29, 0.717) is 22.6 Å². The highest BCUT2D eigenvalue weighted by Gasteiger charge is 2.18. The van der Waals surface area contributed by atoms with Gasteiger partial charge in [-0.1, -0.05) is 6.07 Å². The van der Waals surface area contributed by atoms with E-state index in [1.807, 2.05) is 26.0 Å². The summed E-state index contributed by atoms with van der Waals surface area (Å²) < 4.78 is 7.89. The number of rotatable bonds is 9. The molecule has 2 heterocycles. The molecule has 31 heavy (non-hydrogen) atoms. The monoisotopic (exact) mass is 438 g/mol. The van der Waals surface area contributed by atoms with E-state index in [2.05, 4.69) is 21.3 Å². The highest BCUT2D eigenvalue weighted by Crippen LogP contribution is 2.27. The first-order valence-corrected chi connectivity index (χ1v) is 10.9. The molecular weight excluding hydrogens is 412 g/mol. The second-order valence-electron chi connectivity index (χ2n) is 7.43. The summed E-state index contributed by atoms with van der Waals surface area (Å²) in [5, 5.41) is 4.73. The van der Waals surface area contributed by atoms with Gasteiger partial charge >= 0.3 is 0 Å². The van der Waals surface area contributed by atoms with Gasteiger partial charge in [-0.2, -0.15) is 0 Å². The van der Waals surface area contributed by atoms with Gasteiger partial charge in [0.05, 0.1) is 5.69 Å². The number of carbonyl (C=O) groups excluding carboxylic acids is 3. The van der Waals surface area contributed by atoms with E-state index in [-0.39, 0.29) is 24.1 Å². The van der Waals surface area contributed by atoms with Crippen molar-refractivity contribution in [2.75, 3.05) is 11.9 Å². The third-order valence-corrected chi connectivity index (χ3v) is 6.03. The number of aromatic nitrogens is 1. The minimum atomic E-state index is -0.263. The Hall–Kier alpha value is -3.19. The van der Waals surface area contributed by atoms with Crippen molar-refractivity contribution in [3.63, 3.8) is 0 Å². The van der Waals surface area contributed by atoms with Crippen LogP contribution < -0.4 is 10.1 Å². The molecule has 3 rings (SSSR count). The van der Waals surface area contributed by atoms with E-state index >= 15 is 0 Å². The summed E-state index contributed by atoms with van der Waals surface area (Å²) in [6, 6.07) is 10.8. The van der Waals surface area contributed by atoms with Gasteiger partial charge in [-0.15, -0.1) is 11.3 Å². The molecule has 0 aliphatic rings.